The highest BCUT2D eigenvalue weighted by Gasteiger charge is 2.44. The molecule has 13 heteroatoms. The maximum atomic E-state index is 14.2. The lowest BCUT2D eigenvalue weighted by Gasteiger charge is -2.40. The van der Waals surface area contributed by atoms with Crippen molar-refractivity contribution >= 4 is 18.0 Å². The molecule has 2 heterocycles. The number of rotatable bonds is 7. The van der Waals surface area contributed by atoms with E-state index in [4.69, 9.17) is 4.74 Å². The second-order valence-corrected chi connectivity index (χ2v) is 11.2. The molecule has 2 fully saturated rings. The Labute approximate surface area is 246 Å². The smallest absolute Gasteiger partial charge is 0.335 e. The topological polar surface area (TPSA) is 131 Å². The van der Waals surface area contributed by atoms with Crippen LogP contribution in [-0.2, 0) is 15.1 Å². The fourth-order valence-electron chi connectivity index (χ4n) is 6.35. The number of halogens is 3. The number of carboxylic acid groups (broad SMARTS) is 1. The monoisotopic (exact) mass is 602 g/mol. The van der Waals surface area contributed by atoms with Crippen LogP contribution in [0.1, 0.15) is 49.3 Å². The van der Waals surface area contributed by atoms with Crippen LogP contribution in [0.25, 0.3) is 0 Å². The number of nitrogens with zero attached hydrogens (tertiary/aromatic N) is 2. The average molecular weight is 603 g/mol. The molecule has 230 valence electrons. The summed E-state index contributed by atoms with van der Waals surface area (Å²) in [5, 5.41) is 26.4. The summed E-state index contributed by atoms with van der Waals surface area (Å²) >= 11 is 0. The molecular weight excluding hydrogens is 569 g/mol. The third-order valence-corrected chi connectivity index (χ3v) is 8.56. The number of carbonyl (C=O) groups is 3. The molecule has 1 aliphatic carbocycles. The maximum Gasteiger partial charge on any atom is 0.335 e. The van der Waals surface area contributed by atoms with E-state index in [0.29, 0.717) is 55.7 Å². The Kier molecular flexibility index (Phi) is 8.76. The van der Waals surface area contributed by atoms with Crippen LogP contribution < -0.4 is 10.6 Å². The van der Waals surface area contributed by atoms with Gasteiger partial charge < -0.3 is 25.6 Å². The van der Waals surface area contributed by atoms with Gasteiger partial charge in [0.2, 0.25) is 0 Å². The predicted octanol–water partition coefficient (Wildman–Crippen LogP) is 3.77. The number of aliphatic carboxylic acids is 1. The van der Waals surface area contributed by atoms with Gasteiger partial charge in [-0.05, 0) is 67.5 Å². The minimum absolute atomic E-state index is 0.0983. The van der Waals surface area contributed by atoms with Crippen molar-refractivity contribution in [3.05, 3.63) is 82.3 Å². The van der Waals surface area contributed by atoms with Crippen LogP contribution in [0.3, 0.4) is 0 Å². The summed E-state index contributed by atoms with van der Waals surface area (Å²) in [6.07, 6.45) is 2.93. The van der Waals surface area contributed by atoms with E-state index < -0.39 is 46.9 Å². The number of ether oxygens (including phenoxy) is 1. The Hall–Kier alpha value is -3.94. The number of likely N-dealkylation sites (tertiary alicyclic amines) is 1. The maximum absolute atomic E-state index is 14.2. The highest BCUT2D eigenvalue weighted by molar-refractivity contribution is 6.01. The van der Waals surface area contributed by atoms with E-state index in [1.807, 2.05) is 0 Å². The average Bonchev–Trinajstić information content (AvgIpc) is 3.43. The van der Waals surface area contributed by atoms with Crippen molar-refractivity contribution in [1.29, 1.82) is 0 Å². The molecule has 2 atom stereocenters. The summed E-state index contributed by atoms with van der Waals surface area (Å²) in [7, 11) is 1.30. The van der Waals surface area contributed by atoms with E-state index in [1.165, 1.54) is 19.2 Å². The van der Waals surface area contributed by atoms with E-state index in [-0.39, 0.29) is 35.8 Å². The Morgan fingerprint density at radius 3 is 2.40 bits per heavy atom. The van der Waals surface area contributed by atoms with Crippen molar-refractivity contribution in [2.24, 2.45) is 0 Å². The molecule has 0 bridgehead atoms. The number of urea groups is 2. The number of benzene rings is 2. The first kappa shape index (κ1) is 30.5. The van der Waals surface area contributed by atoms with E-state index in [1.54, 1.807) is 12.1 Å². The summed E-state index contributed by atoms with van der Waals surface area (Å²) in [6.45, 7) is 0.827. The van der Waals surface area contributed by atoms with Gasteiger partial charge in [0.25, 0.3) is 0 Å². The van der Waals surface area contributed by atoms with Gasteiger partial charge >= 0.3 is 18.0 Å². The molecule has 1 saturated carbocycles. The first-order chi connectivity index (χ1) is 20.5. The Bertz CT molecular complexity index is 1430. The second kappa shape index (κ2) is 12.3. The van der Waals surface area contributed by atoms with Crippen LogP contribution in [0.2, 0.25) is 0 Å². The highest BCUT2D eigenvalue weighted by atomic mass is 19.2. The van der Waals surface area contributed by atoms with Crippen molar-refractivity contribution in [2.75, 3.05) is 26.8 Å². The zero-order chi connectivity index (χ0) is 30.9. The lowest BCUT2D eigenvalue weighted by atomic mass is 9.77. The van der Waals surface area contributed by atoms with Gasteiger partial charge in [-0.3, -0.25) is 4.90 Å². The van der Waals surface area contributed by atoms with Gasteiger partial charge in [0.15, 0.2) is 11.6 Å². The van der Waals surface area contributed by atoms with Gasteiger partial charge in [0.1, 0.15) is 11.9 Å². The molecule has 1 saturated heterocycles. The van der Waals surface area contributed by atoms with Crippen LogP contribution in [0.4, 0.5) is 22.8 Å². The van der Waals surface area contributed by atoms with Crippen molar-refractivity contribution < 1.29 is 42.5 Å². The largest absolute Gasteiger partial charge is 0.478 e. The summed E-state index contributed by atoms with van der Waals surface area (Å²) < 4.78 is 46.3. The van der Waals surface area contributed by atoms with Crippen LogP contribution in [0, 0.1) is 17.5 Å². The van der Waals surface area contributed by atoms with Crippen LogP contribution in [0.15, 0.2) is 53.7 Å². The van der Waals surface area contributed by atoms with Crippen molar-refractivity contribution in [3.63, 3.8) is 0 Å². The van der Waals surface area contributed by atoms with Gasteiger partial charge in [0.05, 0.1) is 23.5 Å². The van der Waals surface area contributed by atoms with Crippen LogP contribution >= 0.6 is 0 Å². The van der Waals surface area contributed by atoms with Crippen LogP contribution in [0.5, 0.6) is 0 Å². The molecule has 0 spiro atoms. The number of methoxy groups -OCH3 is 1. The number of hydrogen-bond acceptors (Lipinski definition) is 6. The van der Waals surface area contributed by atoms with E-state index in [0.717, 1.165) is 18.2 Å². The molecular formula is C30H33F3N4O6. The molecule has 0 radical (unpaired) electrons. The van der Waals surface area contributed by atoms with Gasteiger partial charge in [0, 0.05) is 32.3 Å². The Morgan fingerprint density at radius 1 is 1.07 bits per heavy atom. The lowest BCUT2D eigenvalue weighted by molar-refractivity contribution is -0.133. The quantitative estimate of drug-likeness (QED) is 0.380. The summed E-state index contributed by atoms with van der Waals surface area (Å²) in [5.74, 6) is -4.26. The van der Waals surface area contributed by atoms with Crippen molar-refractivity contribution in [1.82, 2.24) is 20.4 Å². The molecule has 4 amide bonds. The van der Waals surface area contributed by atoms with E-state index >= 15 is 0 Å². The molecule has 5 rings (SSSR count). The summed E-state index contributed by atoms with van der Waals surface area (Å²) in [4.78, 5) is 41.9. The Balaban J connectivity index is 1.29. The van der Waals surface area contributed by atoms with Crippen molar-refractivity contribution in [2.45, 2.75) is 55.8 Å². The number of carboxylic acids is 1. The molecule has 2 aliphatic heterocycles. The molecule has 0 unspecified atom stereocenters. The normalized spacial score (nSPS) is 26.4. The molecule has 4 N–H and O–H groups in total. The number of amides is 4. The zero-order valence-corrected chi connectivity index (χ0v) is 23.5. The summed E-state index contributed by atoms with van der Waals surface area (Å²) in [5.41, 5.74) is -0.975. The zero-order valence-electron chi connectivity index (χ0n) is 23.5. The van der Waals surface area contributed by atoms with Gasteiger partial charge in [-0.1, -0.05) is 18.2 Å². The van der Waals surface area contributed by atoms with E-state index in [2.05, 4.69) is 15.5 Å². The third kappa shape index (κ3) is 6.24. The van der Waals surface area contributed by atoms with E-state index in [9.17, 15) is 37.8 Å². The van der Waals surface area contributed by atoms with Gasteiger partial charge in [-0.25, -0.2) is 32.5 Å². The molecule has 0 aromatic heterocycles. The molecule has 43 heavy (non-hydrogen) atoms. The van der Waals surface area contributed by atoms with Gasteiger partial charge in [-0.15, -0.1) is 0 Å². The Morgan fingerprint density at radius 2 is 1.77 bits per heavy atom. The number of imide groups is 1. The highest BCUT2D eigenvalue weighted by Crippen LogP contribution is 2.40. The fourth-order valence-corrected chi connectivity index (χ4v) is 6.35. The molecule has 2 aromatic rings. The minimum atomic E-state index is -1.55. The SMILES string of the molecule is COCC1=C(C(=O)O)[C@H](c2ccc(F)c(F)c2)N(C(=O)N[C@@H]2CCN(C3CCC(O)(c4ccc(F)cc4)CC3)C2)C(=O)N1. The van der Waals surface area contributed by atoms with Crippen molar-refractivity contribution in [3.8, 4) is 0 Å². The number of aliphatic hydroxyl groups is 1. The third-order valence-electron chi connectivity index (χ3n) is 8.56. The standard InChI is InChI=1S/C30H33F3N4O6/c1-43-16-24-25(27(38)39)26(17-2-7-22(32)23(33)14-17)37(29(41)35-24)28(40)34-20-10-13-36(15-20)21-8-11-30(42,12-9-21)18-3-5-19(31)6-4-18/h2-7,14,20-21,26,42H,8-13,15-16H2,1H3,(H,34,40)(H,35,41)(H,38,39)/t20-,21?,26+,30?/m1/s1. The first-order valence-corrected chi connectivity index (χ1v) is 14.0. The predicted molar refractivity (Wildman–Crippen MR) is 147 cm³/mol. The summed E-state index contributed by atoms with van der Waals surface area (Å²) in [6, 6.07) is 4.97. The molecule has 2 aromatic carbocycles. The lowest BCUT2D eigenvalue weighted by Crippen LogP contribution is -2.56. The number of hydrogen-bond donors (Lipinski definition) is 4. The van der Waals surface area contributed by atoms with Gasteiger partial charge in [-0.2, -0.15) is 0 Å². The molecule has 10 nitrogen and oxygen atoms in total. The molecule has 3 aliphatic rings. The second-order valence-electron chi connectivity index (χ2n) is 11.2. The number of carbonyl (C=O) groups excluding carboxylic acids is 2. The fraction of sp³-hybridized carbons (Fsp3) is 0.433. The first-order valence-electron chi connectivity index (χ1n) is 14.0. The number of nitrogens with one attached hydrogen (secondary N) is 2. The minimum Gasteiger partial charge on any atom is -0.478 e. The van der Waals surface area contributed by atoms with Crippen LogP contribution in [-0.4, -0.2) is 76.9 Å².